The molecule has 3 nitrogen and oxygen atoms in total. The van der Waals surface area contributed by atoms with Gasteiger partial charge in [-0.15, -0.1) is 0 Å². The fourth-order valence-corrected chi connectivity index (χ4v) is 3.91. The van der Waals surface area contributed by atoms with E-state index in [1.807, 2.05) is 13.0 Å². The summed E-state index contributed by atoms with van der Waals surface area (Å²) >= 11 is 3.33. The lowest BCUT2D eigenvalue weighted by Gasteiger charge is -2.24. The van der Waals surface area contributed by atoms with Gasteiger partial charge in [0, 0.05) is 10.5 Å². The second kappa shape index (κ2) is 3.24. The maximum absolute atomic E-state index is 11.8. The van der Waals surface area contributed by atoms with E-state index >= 15 is 0 Å². The van der Waals surface area contributed by atoms with Crippen LogP contribution in [0.2, 0.25) is 0 Å². The van der Waals surface area contributed by atoms with Crippen LogP contribution in [0.3, 0.4) is 0 Å². The molecule has 1 unspecified atom stereocenters. The molecule has 5 heteroatoms. The molecule has 1 atom stereocenters. The van der Waals surface area contributed by atoms with Gasteiger partial charge in [-0.2, -0.15) is 0 Å². The van der Waals surface area contributed by atoms with Crippen LogP contribution in [0.5, 0.6) is 0 Å². The summed E-state index contributed by atoms with van der Waals surface area (Å²) < 4.78 is 24.3. The van der Waals surface area contributed by atoms with Gasteiger partial charge in [-0.3, -0.25) is 0 Å². The number of benzene rings is 1. The second-order valence-corrected chi connectivity index (χ2v) is 6.30. The molecule has 1 aliphatic heterocycles. The number of sulfone groups is 1. The van der Waals surface area contributed by atoms with Crippen LogP contribution in [0.4, 0.5) is 5.69 Å². The Kier molecular flexibility index (Phi) is 2.31. The Balaban J connectivity index is 2.69. The Morgan fingerprint density at radius 2 is 2.21 bits per heavy atom. The van der Waals surface area contributed by atoms with Gasteiger partial charge in [0.2, 0.25) is 0 Å². The Labute approximate surface area is 91.6 Å². The third kappa shape index (κ3) is 1.54. The zero-order valence-electron chi connectivity index (χ0n) is 7.62. The first-order valence-electron chi connectivity index (χ1n) is 4.28. The van der Waals surface area contributed by atoms with Crippen molar-refractivity contribution in [1.82, 2.24) is 0 Å². The van der Waals surface area contributed by atoms with E-state index in [2.05, 4.69) is 21.2 Å². The maximum Gasteiger partial charge on any atom is 0.182 e. The van der Waals surface area contributed by atoms with E-state index in [-0.39, 0.29) is 11.8 Å². The van der Waals surface area contributed by atoms with Crippen LogP contribution in [0.1, 0.15) is 6.92 Å². The van der Waals surface area contributed by atoms with Crippen molar-refractivity contribution in [3.8, 4) is 0 Å². The molecule has 0 aromatic heterocycles. The van der Waals surface area contributed by atoms with Crippen molar-refractivity contribution in [2.75, 3.05) is 11.1 Å². The summed E-state index contributed by atoms with van der Waals surface area (Å²) in [5, 5.41) is 3.16. The lowest BCUT2D eigenvalue weighted by atomic mass is 10.3. The van der Waals surface area contributed by atoms with E-state index in [4.69, 9.17) is 0 Å². The second-order valence-electron chi connectivity index (χ2n) is 3.44. The molecule has 1 aliphatic rings. The van der Waals surface area contributed by atoms with Crippen molar-refractivity contribution < 1.29 is 8.42 Å². The monoisotopic (exact) mass is 275 g/mol. The van der Waals surface area contributed by atoms with Crippen LogP contribution < -0.4 is 5.32 Å². The smallest absolute Gasteiger partial charge is 0.182 e. The molecule has 1 N–H and O–H groups in total. The van der Waals surface area contributed by atoms with Gasteiger partial charge >= 0.3 is 0 Å². The van der Waals surface area contributed by atoms with Gasteiger partial charge in [-0.1, -0.05) is 6.07 Å². The first-order valence-corrected chi connectivity index (χ1v) is 6.73. The van der Waals surface area contributed by atoms with Gasteiger partial charge in [-0.05, 0) is 35.0 Å². The van der Waals surface area contributed by atoms with E-state index in [0.717, 1.165) is 4.47 Å². The third-order valence-electron chi connectivity index (χ3n) is 2.17. The maximum atomic E-state index is 11.8. The van der Waals surface area contributed by atoms with E-state index in [1.54, 1.807) is 12.1 Å². The molecule has 0 bridgehead atoms. The number of anilines is 1. The molecule has 14 heavy (non-hydrogen) atoms. The molecule has 0 saturated carbocycles. The highest BCUT2D eigenvalue weighted by molar-refractivity contribution is 9.10. The van der Waals surface area contributed by atoms with Gasteiger partial charge in [-0.25, -0.2) is 8.42 Å². The molecule has 76 valence electrons. The van der Waals surface area contributed by atoms with Crippen LogP contribution in [-0.2, 0) is 9.84 Å². The predicted octanol–water partition coefficient (Wildman–Crippen LogP) is 2.04. The standard InChI is InChI=1S/C9H10BrNO2S/c1-6-5-14(12,13)8-4-2-3-7(10)9(8)11-6/h2-4,6,11H,5H2,1H3. The first kappa shape index (κ1) is 9.98. The minimum absolute atomic E-state index is 0.0359. The normalized spacial score (nSPS) is 23.7. The highest BCUT2D eigenvalue weighted by atomic mass is 79.9. The highest BCUT2D eigenvalue weighted by Crippen LogP contribution is 2.34. The van der Waals surface area contributed by atoms with Gasteiger partial charge < -0.3 is 5.32 Å². The van der Waals surface area contributed by atoms with Gasteiger partial charge in [0.25, 0.3) is 0 Å². The average Bonchev–Trinajstić information content (AvgIpc) is 2.05. The number of hydrogen-bond acceptors (Lipinski definition) is 3. The molecule has 0 aliphatic carbocycles. The predicted molar refractivity (Wildman–Crippen MR) is 59.3 cm³/mol. The molecule has 0 saturated heterocycles. The Morgan fingerprint density at radius 1 is 1.50 bits per heavy atom. The molecule has 2 rings (SSSR count). The molecular formula is C9H10BrNO2S. The lowest BCUT2D eigenvalue weighted by Crippen LogP contribution is -2.31. The number of hydrogen-bond donors (Lipinski definition) is 1. The van der Waals surface area contributed by atoms with Crippen molar-refractivity contribution in [3.63, 3.8) is 0 Å². The minimum Gasteiger partial charge on any atom is -0.380 e. The zero-order chi connectivity index (χ0) is 10.3. The van der Waals surface area contributed by atoms with Crippen molar-refractivity contribution >= 4 is 31.5 Å². The van der Waals surface area contributed by atoms with E-state index in [9.17, 15) is 8.42 Å². The first-order chi connectivity index (χ1) is 6.50. The summed E-state index contributed by atoms with van der Waals surface area (Å²) in [5.41, 5.74) is 0.686. The summed E-state index contributed by atoms with van der Waals surface area (Å²) in [7, 11) is -3.11. The molecule has 1 heterocycles. The number of para-hydroxylation sites is 1. The van der Waals surface area contributed by atoms with Crippen molar-refractivity contribution in [3.05, 3.63) is 22.7 Å². The van der Waals surface area contributed by atoms with Crippen LogP contribution >= 0.6 is 15.9 Å². The molecule has 1 aromatic rings. The largest absolute Gasteiger partial charge is 0.380 e. The highest BCUT2D eigenvalue weighted by Gasteiger charge is 2.28. The van der Waals surface area contributed by atoms with Crippen molar-refractivity contribution in [2.45, 2.75) is 17.9 Å². The summed E-state index contributed by atoms with van der Waals surface area (Å²) in [6, 6.07) is 5.16. The fourth-order valence-electron chi connectivity index (χ4n) is 1.61. The summed E-state index contributed by atoms with van der Waals surface area (Å²) in [6.07, 6.45) is 0. The third-order valence-corrected chi connectivity index (χ3v) is 4.78. The SMILES string of the molecule is CC1CS(=O)(=O)c2cccc(Br)c2N1. The van der Waals surface area contributed by atoms with Gasteiger partial charge in [0.05, 0.1) is 16.3 Å². The van der Waals surface area contributed by atoms with Crippen LogP contribution in [0, 0.1) is 0 Å². The number of rotatable bonds is 0. The molecular weight excluding hydrogens is 266 g/mol. The van der Waals surface area contributed by atoms with Crippen LogP contribution in [0.25, 0.3) is 0 Å². The molecule has 0 spiro atoms. The van der Waals surface area contributed by atoms with Crippen molar-refractivity contribution in [2.24, 2.45) is 0 Å². The Hall–Kier alpha value is -0.550. The van der Waals surface area contributed by atoms with Crippen LogP contribution in [0.15, 0.2) is 27.6 Å². The molecule has 0 radical (unpaired) electrons. The van der Waals surface area contributed by atoms with E-state index in [1.165, 1.54) is 0 Å². The molecule has 0 amide bonds. The Morgan fingerprint density at radius 3 is 2.93 bits per heavy atom. The minimum atomic E-state index is -3.11. The summed E-state index contributed by atoms with van der Waals surface area (Å²) in [4.78, 5) is 0.393. The Bertz CT molecular complexity index is 470. The molecule has 0 fully saturated rings. The average molecular weight is 276 g/mol. The zero-order valence-corrected chi connectivity index (χ0v) is 10.0. The summed E-state index contributed by atoms with van der Waals surface area (Å²) in [6.45, 7) is 1.86. The van der Waals surface area contributed by atoms with Gasteiger partial charge in [0.15, 0.2) is 9.84 Å². The van der Waals surface area contributed by atoms with E-state index in [0.29, 0.717) is 10.6 Å². The van der Waals surface area contributed by atoms with Crippen molar-refractivity contribution in [1.29, 1.82) is 0 Å². The number of fused-ring (bicyclic) bond motifs is 1. The van der Waals surface area contributed by atoms with E-state index < -0.39 is 9.84 Å². The lowest BCUT2D eigenvalue weighted by molar-refractivity contribution is 0.588. The molecule has 1 aromatic carbocycles. The fraction of sp³-hybridized carbons (Fsp3) is 0.333. The number of halogens is 1. The van der Waals surface area contributed by atoms with Crippen LogP contribution in [-0.4, -0.2) is 20.2 Å². The van der Waals surface area contributed by atoms with Gasteiger partial charge in [0.1, 0.15) is 0 Å². The quantitative estimate of drug-likeness (QED) is 0.788. The topological polar surface area (TPSA) is 46.2 Å². The number of nitrogens with one attached hydrogen (secondary N) is 1. The summed E-state index contributed by atoms with van der Waals surface area (Å²) in [5.74, 6) is 0.163.